The van der Waals surface area contributed by atoms with Gasteiger partial charge in [-0.15, -0.1) is 0 Å². The van der Waals surface area contributed by atoms with Gasteiger partial charge in [0.1, 0.15) is 5.75 Å². The van der Waals surface area contributed by atoms with Crippen molar-refractivity contribution in [3.05, 3.63) is 64.7 Å². The van der Waals surface area contributed by atoms with Gasteiger partial charge in [0.25, 0.3) is 0 Å². The van der Waals surface area contributed by atoms with Crippen molar-refractivity contribution in [2.75, 3.05) is 0 Å². The van der Waals surface area contributed by atoms with E-state index in [9.17, 15) is 31.1 Å². The fourth-order valence-corrected chi connectivity index (χ4v) is 2.24. The molecule has 0 saturated heterocycles. The van der Waals surface area contributed by atoms with Crippen LogP contribution in [0.25, 0.3) is 0 Å². The van der Waals surface area contributed by atoms with E-state index in [2.05, 4.69) is 0 Å². The zero-order valence-electron chi connectivity index (χ0n) is 13.7. The summed E-state index contributed by atoms with van der Waals surface area (Å²) in [7, 11) is 0. The Morgan fingerprint density at radius 1 is 0.846 bits per heavy atom. The summed E-state index contributed by atoms with van der Waals surface area (Å²) >= 11 is 0. The molecule has 26 heavy (non-hydrogen) atoms. The summed E-state index contributed by atoms with van der Waals surface area (Å²) in [5.41, 5.74) is -3.85. The Kier molecular flexibility index (Phi) is 5.34. The summed E-state index contributed by atoms with van der Waals surface area (Å²) in [5.74, 6) is -0.676. The molecular weight excluding hydrogens is 362 g/mol. The monoisotopic (exact) mass is 376 g/mol. The number of carbonyl (C=O) groups is 1. The molecule has 0 heterocycles. The normalized spacial score (nSPS) is 12.3. The van der Waals surface area contributed by atoms with E-state index in [1.165, 1.54) is 24.3 Å². The molecule has 0 amide bonds. The highest BCUT2D eigenvalue weighted by molar-refractivity contribution is 6.09. The maximum absolute atomic E-state index is 12.9. The van der Waals surface area contributed by atoms with Gasteiger partial charge in [0.2, 0.25) is 0 Å². The average molecular weight is 376 g/mol. The molecule has 0 unspecified atom stereocenters. The quantitative estimate of drug-likeness (QED) is 0.502. The number of ether oxygens (including phenoxy) is 1. The van der Waals surface area contributed by atoms with Gasteiger partial charge in [-0.1, -0.05) is 12.1 Å². The van der Waals surface area contributed by atoms with Crippen molar-refractivity contribution < 1.29 is 35.9 Å². The number of ketones is 1. The molecule has 0 fully saturated rings. The number of halogens is 6. The van der Waals surface area contributed by atoms with E-state index in [4.69, 9.17) is 4.74 Å². The molecular formula is C18H14F6O2. The van der Waals surface area contributed by atoms with Crippen molar-refractivity contribution in [3.8, 4) is 5.75 Å². The highest BCUT2D eigenvalue weighted by atomic mass is 19.4. The fourth-order valence-electron chi connectivity index (χ4n) is 2.24. The third kappa shape index (κ3) is 4.77. The molecule has 2 aromatic rings. The van der Waals surface area contributed by atoms with Crippen LogP contribution in [-0.2, 0) is 12.4 Å². The van der Waals surface area contributed by atoms with E-state index in [0.29, 0.717) is 12.1 Å². The molecule has 2 aromatic carbocycles. The van der Waals surface area contributed by atoms with Gasteiger partial charge in [-0.25, -0.2) is 0 Å². The van der Waals surface area contributed by atoms with E-state index in [1.807, 2.05) is 0 Å². The largest absolute Gasteiger partial charge is 0.491 e. The van der Waals surface area contributed by atoms with E-state index in [1.54, 1.807) is 13.8 Å². The van der Waals surface area contributed by atoms with E-state index < -0.39 is 34.8 Å². The minimum Gasteiger partial charge on any atom is -0.491 e. The van der Waals surface area contributed by atoms with Crippen molar-refractivity contribution in [2.24, 2.45) is 0 Å². The number of hydrogen-bond acceptors (Lipinski definition) is 2. The summed E-state index contributed by atoms with van der Waals surface area (Å²) in [6.45, 7) is 3.47. The number of alkyl halides is 6. The molecule has 2 nitrogen and oxygen atoms in total. The van der Waals surface area contributed by atoms with Crippen molar-refractivity contribution >= 4 is 5.78 Å². The first-order valence-corrected chi connectivity index (χ1v) is 7.49. The molecule has 0 radical (unpaired) electrons. The number of benzene rings is 2. The third-order valence-corrected chi connectivity index (χ3v) is 3.32. The number of rotatable bonds is 4. The molecule has 0 aromatic heterocycles. The van der Waals surface area contributed by atoms with Gasteiger partial charge in [0.15, 0.2) is 5.78 Å². The molecule has 0 aliphatic heterocycles. The molecule has 0 N–H and O–H groups in total. The van der Waals surface area contributed by atoms with Crippen LogP contribution in [0.15, 0.2) is 42.5 Å². The molecule has 0 aliphatic rings. The molecule has 0 atom stereocenters. The van der Waals surface area contributed by atoms with Crippen molar-refractivity contribution in [3.63, 3.8) is 0 Å². The van der Waals surface area contributed by atoms with E-state index >= 15 is 0 Å². The van der Waals surface area contributed by atoms with Crippen LogP contribution in [0.5, 0.6) is 5.75 Å². The van der Waals surface area contributed by atoms with Crippen LogP contribution < -0.4 is 4.74 Å². The standard InChI is InChI=1S/C18H14F6O2/c1-10(2)26-15-5-3-4-11(8-15)16(25)12-6-13(17(19,20)21)9-14(7-12)18(22,23)24/h3-10H,1-2H3. The van der Waals surface area contributed by atoms with E-state index in [-0.39, 0.29) is 23.5 Å². The Morgan fingerprint density at radius 2 is 1.38 bits per heavy atom. The zero-order chi connectivity index (χ0) is 19.7. The summed E-state index contributed by atoms with van der Waals surface area (Å²) in [5, 5.41) is 0. The lowest BCUT2D eigenvalue weighted by Crippen LogP contribution is -2.14. The lowest BCUT2D eigenvalue weighted by Gasteiger charge is -2.14. The van der Waals surface area contributed by atoms with Gasteiger partial charge >= 0.3 is 12.4 Å². The molecule has 2 rings (SSSR count). The molecule has 0 aliphatic carbocycles. The smallest absolute Gasteiger partial charge is 0.416 e. The molecule has 140 valence electrons. The fraction of sp³-hybridized carbons (Fsp3) is 0.278. The maximum atomic E-state index is 12.9. The van der Waals surface area contributed by atoms with Crippen molar-refractivity contribution in [1.82, 2.24) is 0 Å². The first-order chi connectivity index (χ1) is 11.9. The minimum absolute atomic E-state index is 0.0188. The SMILES string of the molecule is CC(C)Oc1cccc(C(=O)c2cc(C(F)(F)F)cc(C(F)(F)F)c2)c1. The predicted molar refractivity (Wildman–Crippen MR) is 82.1 cm³/mol. The second-order valence-electron chi connectivity index (χ2n) is 5.82. The van der Waals surface area contributed by atoms with Crippen LogP contribution in [0.1, 0.15) is 40.9 Å². The van der Waals surface area contributed by atoms with E-state index in [0.717, 1.165) is 0 Å². The summed E-state index contributed by atoms with van der Waals surface area (Å²) in [4.78, 5) is 12.5. The Morgan fingerprint density at radius 3 is 1.85 bits per heavy atom. The topological polar surface area (TPSA) is 26.3 Å². The zero-order valence-corrected chi connectivity index (χ0v) is 13.7. The summed E-state index contributed by atoms with van der Waals surface area (Å²) in [6.07, 6.45) is -10.2. The Labute approximate surface area is 145 Å². The van der Waals surface area contributed by atoms with Gasteiger partial charge in [-0.2, -0.15) is 26.3 Å². The van der Waals surface area contributed by atoms with Gasteiger partial charge < -0.3 is 4.74 Å². The Balaban J connectivity index is 2.52. The van der Waals surface area contributed by atoms with Crippen LogP contribution in [0, 0.1) is 0 Å². The average Bonchev–Trinajstić information content (AvgIpc) is 2.51. The molecule has 8 heteroatoms. The summed E-state index contributed by atoms with van der Waals surface area (Å²) < 4.78 is 82.8. The molecule has 0 saturated carbocycles. The predicted octanol–water partition coefficient (Wildman–Crippen LogP) is 5.74. The van der Waals surface area contributed by atoms with Crippen LogP contribution in [0.3, 0.4) is 0 Å². The number of carbonyl (C=O) groups excluding carboxylic acids is 1. The summed E-state index contributed by atoms with van der Waals surface area (Å²) in [6, 6.07) is 6.34. The van der Waals surface area contributed by atoms with Crippen LogP contribution in [0.4, 0.5) is 26.3 Å². The third-order valence-electron chi connectivity index (χ3n) is 3.32. The second kappa shape index (κ2) is 7.01. The van der Waals surface area contributed by atoms with Gasteiger partial charge in [0, 0.05) is 11.1 Å². The first kappa shape index (κ1) is 19.8. The van der Waals surface area contributed by atoms with Gasteiger partial charge in [-0.3, -0.25) is 4.79 Å². The van der Waals surface area contributed by atoms with Crippen molar-refractivity contribution in [1.29, 1.82) is 0 Å². The van der Waals surface area contributed by atoms with Crippen LogP contribution in [-0.4, -0.2) is 11.9 Å². The van der Waals surface area contributed by atoms with Gasteiger partial charge in [0.05, 0.1) is 17.2 Å². The Hall–Kier alpha value is -2.51. The van der Waals surface area contributed by atoms with Crippen molar-refractivity contribution in [2.45, 2.75) is 32.3 Å². The lowest BCUT2D eigenvalue weighted by atomic mass is 9.98. The van der Waals surface area contributed by atoms with Crippen LogP contribution in [0.2, 0.25) is 0 Å². The molecule has 0 spiro atoms. The lowest BCUT2D eigenvalue weighted by molar-refractivity contribution is -0.143. The second-order valence-corrected chi connectivity index (χ2v) is 5.82. The highest BCUT2D eigenvalue weighted by Crippen LogP contribution is 2.36. The highest BCUT2D eigenvalue weighted by Gasteiger charge is 2.37. The minimum atomic E-state index is -5.01. The van der Waals surface area contributed by atoms with Gasteiger partial charge in [-0.05, 0) is 44.2 Å². The first-order valence-electron chi connectivity index (χ1n) is 7.49. The Bertz CT molecular complexity index is 774. The maximum Gasteiger partial charge on any atom is 0.416 e. The number of hydrogen-bond donors (Lipinski definition) is 0. The van der Waals surface area contributed by atoms with Crippen LogP contribution >= 0.6 is 0 Å². The molecule has 0 bridgehead atoms.